The number of amides is 1. The van der Waals surface area contributed by atoms with Gasteiger partial charge in [0.15, 0.2) is 0 Å². The number of nitriles is 1. The van der Waals surface area contributed by atoms with E-state index in [9.17, 15) is 10.1 Å². The van der Waals surface area contributed by atoms with Gasteiger partial charge in [0.05, 0.1) is 18.8 Å². The number of thiophene rings is 1. The van der Waals surface area contributed by atoms with Crippen molar-refractivity contribution in [2.45, 2.75) is 32.6 Å². The summed E-state index contributed by atoms with van der Waals surface area (Å²) in [6, 6.07) is 2.30. The van der Waals surface area contributed by atoms with E-state index in [-0.39, 0.29) is 5.91 Å². The first-order chi connectivity index (χ1) is 11.2. The third-order valence-electron chi connectivity index (χ3n) is 4.64. The van der Waals surface area contributed by atoms with Crippen LogP contribution in [0, 0.1) is 17.2 Å². The SMILES string of the molecule is C[C@H]1CCc2c(sc(NC(=O)CCN3CCOCC3)c2C#N)C1. The lowest BCUT2D eigenvalue weighted by Gasteiger charge is -2.26. The van der Waals surface area contributed by atoms with Crippen LogP contribution >= 0.6 is 11.3 Å². The Morgan fingerprint density at radius 1 is 1.48 bits per heavy atom. The Morgan fingerprint density at radius 2 is 2.26 bits per heavy atom. The number of nitrogens with one attached hydrogen (secondary N) is 1. The predicted octanol–water partition coefficient (Wildman–Crippen LogP) is 2.41. The Hall–Kier alpha value is -1.42. The van der Waals surface area contributed by atoms with Crippen LogP contribution in [0.1, 0.15) is 35.8 Å². The molecule has 1 amide bonds. The maximum atomic E-state index is 12.2. The smallest absolute Gasteiger partial charge is 0.226 e. The number of carbonyl (C=O) groups excluding carboxylic acids is 1. The molecule has 1 fully saturated rings. The van der Waals surface area contributed by atoms with Gasteiger partial charge in [-0.3, -0.25) is 9.69 Å². The van der Waals surface area contributed by atoms with Gasteiger partial charge in [0, 0.05) is 30.9 Å². The molecule has 0 radical (unpaired) electrons. The molecule has 1 atom stereocenters. The zero-order valence-corrected chi connectivity index (χ0v) is 14.4. The summed E-state index contributed by atoms with van der Waals surface area (Å²) in [4.78, 5) is 15.8. The standard InChI is InChI=1S/C17H23N3O2S/c1-12-2-3-13-14(11-18)17(23-15(13)10-12)19-16(21)4-5-20-6-8-22-9-7-20/h12H,2-10H2,1H3,(H,19,21)/t12-/m0/s1. The summed E-state index contributed by atoms with van der Waals surface area (Å²) in [5.41, 5.74) is 1.86. The highest BCUT2D eigenvalue weighted by Crippen LogP contribution is 2.39. The summed E-state index contributed by atoms with van der Waals surface area (Å²) < 4.78 is 5.31. The highest BCUT2D eigenvalue weighted by molar-refractivity contribution is 7.16. The van der Waals surface area contributed by atoms with Gasteiger partial charge >= 0.3 is 0 Å². The van der Waals surface area contributed by atoms with Crippen molar-refractivity contribution < 1.29 is 9.53 Å². The lowest BCUT2D eigenvalue weighted by Crippen LogP contribution is -2.38. The second kappa shape index (κ2) is 7.43. The lowest BCUT2D eigenvalue weighted by molar-refractivity contribution is -0.116. The average molecular weight is 333 g/mol. The summed E-state index contributed by atoms with van der Waals surface area (Å²) in [6.45, 7) is 6.27. The number of ether oxygens (including phenoxy) is 1. The van der Waals surface area contributed by atoms with Crippen LogP contribution < -0.4 is 5.32 Å². The monoisotopic (exact) mass is 333 g/mol. The van der Waals surface area contributed by atoms with E-state index < -0.39 is 0 Å². The second-order valence-corrected chi connectivity index (χ2v) is 7.53. The predicted molar refractivity (Wildman–Crippen MR) is 90.7 cm³/mol. The van der Waals surface area contributed by atoms with Gasteiger partial charge < -0.3 is 10.1 Å². The zero-order valence-electron chi connectivity index (χ0n) is 13.6. The van der Waals surface area contributed by atoms with Crippen LogP contribution in [-0.4, -0.2) is 43.7 Å². The van der Waals surface area contributed by atoms with Crippen molar-refractivity contribution in [3.63, 3.8) is 0 Å². The molecule has 1 aliphatic carbocycles. The van der Waals surface area contributed by atoms with Crippen LogP contribution in [0.5, 0.6) is 0 Å². The molecule has 0 spiro atoms. The van der Waals surface area contributed by atoms with Crippen molar-refractivity contribution >= 4 is 22.2 Å². The molecule has 0 aromatic carbocycles. The fourth-order valence-electron chi connectivity index (χ4n) is 3.23. The van der Waals surface area contributed by atoms with Crippen molar-refractivity contribution in [2.24, 2.45) is 5.92 Å². The van der Waals surface area contributed by atoms with E-state index in [1.807, 2.05) is 0 Å². The second-order valence-electron chi connectivity index (χ2n) is 6.42. The lowest BCUT2D eigenvalue weighted by atomic mass is 9.89. The van der Waals surface area contributed by atoms with E-state index in [1.165, 1.54) is 10.4 Å². The molecular weight excluding hydrogens is 310 g/mol. The fraction of sp³-hybridized carbons (Fsp3) is 0.647. The summed E-state index contributed by atoms with van der Waals surface area (Å²) in [6.07, 6.45) is 3.57. The van der Waals surface area contributed by atoms with Crippen LogP contribution in [-0.2, 0) is 22.4 Å². The Labute approximate surface area is 141 Å². The van der Waals surface area contributed by atoms with Crippen molar-refractivity contribution in [1.29, 1.82) is 5.26 Å². The van der Waals surface area contributed by atoms with Gasteiger partial charge in [-0.2, -0.15) is 5.26 Å². The fourth-order valence-corrected chi connectivity index (χ4v) is 4.61. The Kier molecular flexibility index (Phi) is 5.31. The molecule has 0 unspecified atom stereocenters. The molecule has 124 valence electrons. The first-order valence-corrected chi connectivity index (χ1v) is 9.13. The number of carbonyl (C=O) groups is 1. The van der Waals surface area contributed by atoms with Gasteiger partial charge in [-0.1, -0.05) is 6.92 Å². The normalized spacial score (nSPS) is 21.5. The minimum Gasteiger partial charge on any atom is -0.379 e. The number of fused-ring (bicyclic) bond motifs is 1. The van der Waals surface area contributed by atoms with Crippen LogP contribution in [0.25, 0.3) is 0 Å². The number of nitrogens with zero attached hydrogens (tertiary/aromatic N) is 2. The zero-order chi connectivity index (χ0) is 16.2. The Bertz CT molecular complexity index is 614. The summed E-state index contributed by atoms with van der Waals surface area (Å²) in [5, 5.41) is 13.2. The molecule has 1 aromatic rings. The molecule has 0 saturated carbocycles. The van der Waals surface area contributed by atoms with E-state index in [0.29, 0.717) is 17.9 Å². The Balaban J connectivity index is 1.61. The molecule has 1 saturated heterocycles. The summed E-state index contributed by atoms with van der Waals surface area (Å²) >= 11 is 1.59. The number of anilines is 1. The van der Waals surface area contributed by atoms with Gasteiger partial charge in [-0.05, 0) is 30.7 Å². The van der Waals surface area contributed by atoms with Gasteiger partial charge in [0.25, 0.3) is 0 Å². The third kappa shape index (κ3) is 3.92. The highest BCUT2D eigenvalue weighted by Gasteiger charge is 2.24. The summed E-state index contributed by atoms with van der Waals surface area (Å²) in [5.74, 6) is 0.664. The molecular formula is C17H23N3O2S. The van der Waals surface area contributed by atoms with Crippen molar-refractivity contribution in [1.82, 2.24) is 4.90 Å². The first kappa shape index (κ1) is 16.4. The minimum absolute atomic E-state index is 0.000336. The maximum absolute atomic E-state index is 12.2. The van der Waals surface area contributed by atoms with Gasteiger partial charge in [-0.15, -0.1) is 11.3 Å². The minimum atomic E-state index is -0.000336. The van der Waals surface area contributed by atoms with Gasteiger partial charge in [0.2, 0.25) is 5.91 Å². The third-order valence-corrected chi connectivity index (χ3v) is 5.81. The van der Waals surface area contributed by atoms with E-state index >= 15 is 0 Å². The topological polar surface area (TPSA) is 65.4 Å². The molecule has 0 bridgehead atoms. The number of hydrogen-bond donors (Lipinski definition) is 1. The molecule has 23 heavy (non-hydrogen) atoms. The number of morpholine rings is 1. The summed E-state index contributed by atoms with van der Waals surface area (Å²) in [7, 11) is 0. The van der Waals surface area contributed by atoms with Crippen molar-refractivity contribution in [2.75, 3.05) is 38.2 Å². The first-order valence-electron chi connectivity index (χ1n) is 8.32. The van der Waals surface area contributed by atoms with E-state index in [1.54, 1.807) is 11.3 Å². The largest absolute Gasteiger partial charge is 0.379 e. The Morgan fingerprint density at radius 3 is 3.00 bits per heavy atom. The average Bonchev–Trinajstić information content (AvgIpc) is 2.89. The van der Waals surface area contributed by atoms with Gasteiger partial charge in [0.1, 0.15) is 11.1 Å². The maximum Gasteiger partial charge on any atom is 0.226 e. The number of rotatable bonds is 4. The molecule has 5 nitrogen and oxygen atoms in total. The molecule has 1 N–H and O–H groups in total. The van der Waals surface area contributed by atoms with Crippen LogP contribution in [0.3, 0.4) is 0 Å². The van der Waals surface area contributed by atoms with E-state index in [4.69, 9.17) is 4.74 Å². The molecule has 3 rings (SSSR count). The molecule has 6 heteroatoms. The molecule has 2 aliphatic rings. The number of hydrogen-bond acceptors (Lipinski definition) is 5. The molecule has 2 heterocycles. The van der Waals surface area contributed by atoms with Crippen LogP contribution in [0.4, 0.5) is 5.00 Å². The van der Waals surface area contributed by atoms with Gasteiger partial charge in [-0.25, -0.2) is 0 Å². The van der Waals surface area contributed by atoms with Crippen molar-refractivity contribution in [3.05, 3.63) is 16.0 Å². The molecule has 1 aliphatic heterocycles. The highest BCUT2D eigenvalue weighted by atomic mass is 32.1. The van der Waals surface area contributed by atoms with Crippen LogP contribution in [0.2, 0.25) is 0 Å². The molecule has 1 aromatic heterocycles. The quantitative estimate of drug-likeness (QED) is 0.919. The van der Waals surface area contributed by atoms with Crippen molar-refractivity contribution in [3.8, 4) is 6.07 Å². The van der Waals surface area contributed by atoms with E-state index in [2.05, 4.69) is 23.2 Å². The van der Waals surface area contributed by atoms with Crippen LogP contribution in [0.15, 0.2) is 0 Å². The van der Waals surface area contributed by atoms with E-state index in [0.717, 1.165) is 57.1 Å².